The predicted molar refractivity (Wildman–Crippen MR) is 120 cm³/mol. The van der Waals surface area contributed by atoms with E-state index in [0.29, 0.717) is 42.1 Å². The number of nitrogens with two attached hydrogens (primary N) is 1. The van der Waals surface area contributed by atoms with E-state index in [9.17, 15) is 10.1 Å². The molecule has 2 aromatic heterocycles. The number of anilines is 2. The van der Waals surface area contributed by atoms with Crippen molar-refractivity contribution in [1.29, 1.82) is 5.26 Å². The maximum absolute atomic E-state index is 12.9. The fourth-order valence-electron chi connectivity index (χ4n) is 5.11. The number of hydrogen-bond donors (Lipinski definition) is 1. The largest absolute Gasteiger partial charge is 0.368 e. The Balaban J connectivity index is 1.35. The normalized spacial score (nSPS) is 23.2. The van der Waals surface area contributed by atoms with Gasteiger partial charge in [-0.2, -0.15) is 5.26 Å². The molecule has 4 aliphatic rings. The molecule has 0 aromatic carbocycles. The third kappa shape index (κ3) is 3.46. The standard InChI is InChI=1S/C24H27N7O/c25-11-17-21(15-3-4-15)18(19-7-8-27-24(26)29-19)12-28-22(17)30-9-10-31(23(32)16-5-6-16)20(13-30)14-1-2-14/h7-8,12,14-16,20H,1-6,9-10,13H2,(H2,26,27,29). The van der Waals surface area contributed by atoms with Crippen LogP contribution >= 0.6 is 0 Å². The first-order valence-corrected chi connectivity index (χ1v) is 11.7. The number of pyridine rings is 1. The van der Waals surface area contributed by atoms with E-state index in [1.807, 2.05) is 12.3 Å². The lowest BCUT2D eigenvalue weighted by Crippen LogP contribution is -2.57. The summed E-state index contributed by atoms with van der Waals surface area (Å²) in [5.74, 6) is 2.49. The molecule has 8 nitrogen and oxygen atoms in total. The molecule has 8 heteroatoms. The van der Waals surface area contributed by atoms with Crippen molar-refractivity contribution in [2.75, 3.05) is 30.3 Å². The number of piperazine rings is 1. The van der Waals surface area contributed by atoms with Gasteiger partial charge in [-0.15, -0.1) is 0 Å². The number of nitrogen functional groups attached to an aromatic ring is 1. The molecule has 1 saturated heterocycles. The topological polar surface area (TPSA) is 112 Å². The first kappa shape index (κ1) is 19.5. The molecule has 3 aliphatic carbocycles. The van der Waals surface area contributed by atoms with E-state index in [1.165, 1.54) is 12.8 Å². The fourth-order valence-corrected chi connectivity index (χ4v) is 5.11. The summed E-state index contributed by atoms with van der Waals surface area (Å²) in [6.45, 7) is 2.19. The average Bonchev–Trinajstić information content (AvgIpc) is 3.66. The van der Waals surface area contributed by atoms with Crippen LogP contribution in [0.1, 0.15) is 55.6 Å². The van der Waals surface area contributed by atoms with Crippen LogP contribution in [0.25, 0.3) is 11.3 Å². The van der Waals surface area contributed by atoms with Crippen LogP contribution in [0.15, 0.2) is 18.5 Å². The molecule has 1 unspecified atom stereocenters. The Morgan fingerprint density at radius 3 is 2.59 bits per heavy atom. The van der Waals surface area contributed by atoms with Crippen LogP contribution in [0.4, 0.5) is 11.8 Å². The average molecular weight is 430 g/mol. The van der Waals surface area contributed by atoms with Gasteiger partial charge < -0.3 is 15.5 Å². The highest BCUT2D eigenvalue weighted by molar-refractivity contribution is 5.82. The monoisotopic (exact) mass is 429 g/mol. The van der Waals surface area contributed by atoms with Crippen LogP contribution in [-0.2, 0) is 4.79 Å². The summed E-state index contributed by atoms with van der Waals surface area (Å²) in [4.78, 5) is 30.4. The first-order chi connectivity index (χ1) is 15.6. The van der Waals surface area contributed by atoms with E-state index in [-0.39, 0.29) is 17.9 Å². The van der Waals surface area contributed by atoms with Gasteiger partial charge in [0.05, 0.1) is 17.3 Å². The Morgan fingerprint density at radius 1 is 1.12 bits per heavy atom. The third-order valence-electron chi connectivity index (χ3n) is 7.24. The zero-order chi connectivity index (χ0) is 21.8. The van der Waals surface area contributed by atoms with Crippen molar-refractivity contribution in [2.45, 2.75) is 50.5 Å². The van der Waals surface area contributed by atoms with Crippen LogP contribution in [0.3, 0.4) is 0 Å². The predicted octanol–water partition coefficient (Wildman–Crippen LogP) is 2.71. The summed E-state index contributed by atoms with van der Waals surface area (Å²) in [6.07, 6.45) is 10.1. The Bertz CT molecular complexity index is 1110. The number of nitriles is 1. The molecule has 6 rings (SSSR count). The van der Waals surface area contributed by atoms with Gasteiger partial charge in [0.2, 0.25) is 11.9 Å². The molecule has 164 valence electrons. The van der Waals surface area contributed by atoms with Gasteiger partial charge in [-0.3, -0.25) is 4.79 Å². The highest BCUT2D eigenvalue weighted by Crippen LogP contribution is 2.48. The fraction of sp³-hybridized carbons (Fsp3) is 0.542. The van der Waals surface area contributed by atoms with Gasteiger partial charge in [-0.25, -0.2) is 15.0 Å². The summed E-state index contributed by atoms with van der Waals surface area (Å²) in [6, 6.07) is 4.53. The zero-order valence-corrected chi connectivity index (χ0v) is 18.1. The molecule has 1 aliphatic heterocycles. The lowest BCUT2D eigenvalue weighted by atomic mass is 9.96. The van der Waals surface area contributed by atoms with Crippen molar-refractivity contribution in [3.63, 3.8) is 0 Å². The molecule has 0 radical (unpaired) electrons. The molecule has 0 spiro atoms. The Hall–Kier alpha value is -3.21. The highest BCUT2D eigenvalue weighted by atomic mass is 16.2. The minimum absolute atomic E-state index is 0.218. The van der Waals surface area contributed by atoms with Crippen LogP contribution in [0.5, 0.6) is 0 Å². The number of nitrogens with zero attached hydrogens (tertiary/aromatic N) is 6. The minimum Gasteiger partial charge on any atom is -0.368 e. The zero-order valence-electron chi connectivity index (χ0n) is 18.1. The van der Waals surface area contributed by atoms with E-state index in [4.69, 9.17) is 10.7 Å². The number of aromatic nitrogens is 3. The van der Waals surface area contributed by atoms with E-state index in [2.05, 4.69) is 25.8 Å². The number of carbonyl (C=O) groups is 1. The first-order valence-electron chi connectivity index (χ1n) is 11.7. The van der Waals surface area contributed by atoms with Crippen LogP contribution < -0.4 is 10.6 Å². The second-order valence-corrected chi connectivity index (χ2v) is 9.63. The second-order valence-electron chi connectivity index (χ2n) is 9.63. The minimum atomic E-state index is 0.218. The van der Waals surface area contributed by atoms with Crippen molar-refractivity contribution in [2.24, 2.45) is 11.8 Å². The molecule has 32 heavy (non-hydrogen) atoms. The molecule has 2 N–H and O–H groups in total. The molecule has 0 bridgehead atoms. The number of hydrogen-bond acceptors (Lipinski definition) is 7. The van der Waals surface area contributed by atoms with Gasteiger partial charge in [0.25, 0.3) is 0 Å². The van der Waals surface area contributed by atoms with Crippen LogP contribution in [0.2, 0.25) is 0 Å². The van der Waals surface area contributed by atoms with Crippen LogP contribution in [0, 0.1) is 23.2 Å². The van der Waals surface area contributed by atoms with Crippen molar-refractivity contribution in [3.8, 4) is 17.3 Å². The lowest BCUT2D eigenvalue weighted by molar-refractivity contribution is -0.135. The second kappa shape index (κ2) is 7.44. The molecule has 1 amide bonds. The number of amides is 1. The van der Waals surface area contributed by atoms with Crippen molar-refractivity contribution in [1.82, 2.24) is 19.9 Å². The molecule has 2 aromatic rings. The Morgan fingerprint density at radius 2 is 1.94 bits per heavy atom. The quantitative estimate of drug-likeness (QED) is 0.777. The molecular weight excluding hydrogens is 402 g/mol. The molecule has 1 atom stereocenters. The van der Waals surface area contributed by atoms with Gasteiger partial charge in [0.1, 0.15) is 11.9 Å². The summed E-state index contributed by atoms with van der Waals surface area (Å²) in [7, 11) is 0. The third-order valence-corrected chi connectivity index (χ3v) is 7.24. The summed E-state index contributed by atoms with van der Waals surface area (Å²) in [5, 5.41) is 10.2. The molecule has 3 heterocycles. The van der Waals surface area contributed by atoms with Crippen molar-refractivity contribution in [3.05, 3.63) is 29.6 Å². The van der Waals surface area contributed by atoms with Crippen molar-refractivity contribution >= 4 is 17.7 Å². The van der Waals surface area contributed by atoms with E-state index in [1.54, 1.807) is 6.20 Å². The lowest BCUT2D eigenvalue weighted by Gasteiger charge is -2.43. The van der Waals surface area contributed by atoms with Crippen molar-refractivity contribution < 1.29 is 4.79 Å². The molecular formula is C24H27N7O. The molecule has 3 saturated carbocycles. The smallest absolute Gasteiger partial charge is 0.226 e. The van der Waals surface area contributed by atoms with E-state index in [0.717, 1.165) is 49.2 Å². The number of rotatable bonds is 5. The maximum Gasteiger partial charge on any atom is 0.226 e. The Labute approximate surface area is 187 Å². The van der Waals surface area contributed by atoms with Gasteiger partial charge >= 0.3 is 0 Å². The summed E-state index contributed by atoms with van der Waals surface area (Å²) < 4.78 is 0. The van der Waals surface area contributed by atoms with Gasteiger partial charge in [-0.05, 0) is 62.0 Å². The SMILES string of the molecule is N#Cc1c(N2CCN(C(=O)C3CC3)C(C3CC3)C2)ncc(-c2ccnc(N)n2)c1C1CC1. The van der Waals surface area contributed by atoms with Crippen LogP contribution in [-0.4, -0.2) is 51.4 Å². The summed E-state index contributed by atoms with van der Waals surface area (Å²) in [5.41, 5.74) is 9.10. The Kier molecular flexibility index (Phi) is 4.53. The van der Waals surface area contributed by atoms with Gasteiger partial charge in [-0.1, -0.05) is 0 Å². The van der Waals surface area contributed by atoms with E-state index >= 15 is 0 Å². The molecule has 4 fully saturated rings. The van der Waals surface area contributed by atoms with Gasteiger partial charge in [0, 0.05) is 43.5 Å². The number of carbonyl (C=O) groups excluding carboxylic acids is 1. The highest BCUT2D eigenvalue weighted by Gasteiger charge is 2.45. The maximum atomic E-state index is 12.9. The van der Waals surface area contributed by atoms with Gasteiger partial charge in [0.15, 0.2) is 0 Å². The van der Waals surface area contributed by atoms with E-state index < -0.39 is 0 Å². The summed E-state index contributed by atoms with van der Waals surface area (Å²) >= 11 is 0.